The normalized spacial score (nSPS) is 10.0. The standard InChI is InChI=1S/C25H22.2C2H6/c1-4-10-20(5-2)23-16-24(21-12-7-6-8-13-21)18-25(17-23)22-14-9-11-19(3)15-22;2*1-2/h4-18H,1-2H2,3H3;2*1-2H3/b20-10+;;. The summed E-state index contributed by atoms with van der Waals surface area (Å²) in [7, 11) is 0. The molecule has 0 N–H and O–H groups in total. The minimum atomic E-state index is 1.07. The Balaban J connectivity index is 0.000000989. The molecule has 0 nitrogen and oxygen atoms in total. The summed E-state index contributed by atoms with van der Waals surface area (Å²) in [5.74, 6) is 0. The average molecular weight is 383 g/mol. The summed E-state index contributed by atoms with van der Waals surface area (Å²) in [5.41, 5.74) is 8.31. The van der Waals surface area contributed by atoms with E-state index in [2.05, 4.69) is 86.8 Å². The Labute approximate surface area is 178 Å². The third-order valence-electron chi connectivity index (χ3n) is 4.24. The zero-order valence-electron chi connectivity index (χ0n) is 18.6. The minimum absolute atomic E-state index is 1.07. The van der Waals surface area contributed by atoms with Crippen molar-refractivity contribution in [2.45, 2.75) is 34.6 Å². The molecule has 0 bridgehead atoms. The first-order valence-corrected chi connectivity index (χ1v) is 10.4. The third kappa shape index (κ3) is 6.76. The summed E-state index contributed by atoms with van der Waals surface area (Å²) in [6.45, 7) is 17.9. The highest BCUT2D eigenvalue weighted by Crippen LogP contribution is 2.31. The monoisotopic (exact) mass is 382 g/mol. The van der Waals surface area contributed by atoms with Crippen molar-refractivity contribution in [3.8, 4) is 22.3 Å². The minimum Gasteiger partial charge on any atom is -0.0990 e. The van der Waals surface area contributed by atoms with Crippen LogP contribution in [0.15, 0.2) is 104 Å². The molecule has 0 aliphatic heterocycles. The van der Waals surface area contributed by atoms with E-state index < -0.39 is 0 Å². The number of hydrogen-bond donors (Lipinski definition) is 0. The molecule has 0 aromatic heterocycles. The molecule has 3 aromatic carbocycles. The maximum Gasteiger partial charge on any atom is -0.0172 e. The van der Waals surface area contributed by atoms with E-state index >= 15 is 0 Å². The third-order valence-corrected chi connectivity index (χ3v) is 4.24. The second-order valence-electron chi connectivity index (χ2n) is 6.10. The van der Waals surface area contributed by atoms with Crippen molar-refractivity contribution in [1.82, 2.24) is 0 Å². The molecule has 150 valence electrons. The first-order chi connectivity index (χ1) is 14.2. The second-order valence-corrected chi connectivity index (χ2v) is 6.10. The van der Waals surface area contributed by atoms with E-state index in [1.807, 2.05) is 45.9 Å². The molecule has 0 aliphatic rings. The van der Waals surface area contributed by atoms with Crippen LogP contribution in [0.3, 0.4) is 0 Å². The van der Waals surface area contributed by atoms with Crippen molar-refractivity contribution in [1.29, 1.82) is 0 Å². The fraction of sp³-hybridized carbons (Fsp3) is 0.172. The van der Waals surface area contributed by atoms with Crippen molar-refractivity contribution < 1.29 is 0 Å². The van der Waals surface area contributed by atoms with Crippen LogP contribution >= 0.6 is 0 Å². The predicted molar refractivity (Wildman–Crippen MR) is 133 cm³/mol. The fourth-order valence-corrected chi connectivity index (χ4v) is 2.99. The van der Waals surface area contributed by atoms with Crippen LogP contribution in [-0.2, 0) is 0 Å². The lowest BCUT2D eigenvalue weighted by atomic mass is 9.92. The van der Waals surface area contributed by atoms with Crippen LogP contribution in [0, 0.1) is 6.92 Å². The number of hydrogen-bond acceptors (Lipinski definition) is 0. The number of rotatable bonds is 5. The topological polar surface area (TPSA) is 0 Å². The zero-order chi connectivity index (χ0) is 21.6. The molecule has 0 saturated heterocycles. The molecule has 0 unspecified atom stereocenters. The van der Waals surface area contributed by atoms with E-state index in [1.54, 1.807) is 6.08 Å². The molecule has 0 fully saturated rings. The van der Waals surface area contributed by atoms with E-state index in [-0.39, 0.29) is 0 Å². The van der Waals surface area contributed by atoms with Crippen LogP contribution in [0.5, 0.6) is 0 Å². The summed E-state index contributed by atoms with van der Waals surface area (Å²) in [6, 6.07) is 25.8. The van der Waals surface area contributed by atoms with E-state index in [0.717, 1.165) is 11.1 Å². The first kappa shape index (κ1) is 23.9. The summed E-state index contributed by atoms with van der Waals surface area (Å²) < 4.78 is 0. The second kappa shape index (κ2) is 13.1. The highest BCUT2D eigenvalue weighted by molar-refractivity contribution is 5.83. The van der Waals surface area contributed by atoms with Gasteiger partial charge in [-0.1, -0.05) is 119 Å². The molecular formula is C29H34. The number of benzene rings is 3. The van der Waals surface area contributed by atoms with Gasteiger partial charge in [0.2, 0.25) is 0 Å². The van der Waals surface area contributed by atoms with Crippen LogP contribution in [0.25, 0.3) is 27.8 Å². The van der Waals surface area contributed by atoms with Crippen molar-refractivity contribution in [2.24, 2.45) is 0 Å². The van der Waals surface area contributed by atoms with Crippen molar-refractivity contribution in [3.63, 3.8) is 0 Å². The molecule has 0 radical (unpaired) electrons. The molecule has 0 atom stereocenters. The predicted octanol–water partition coefficient (Wildman–Crippen LogP) is 9.14. The van der Waals surface area contributed by atoms with Crippen molar-refractivity contribution >= 4 is 5.57 Å². The Morgan fingerprint density at radius 3 is 1.79 bits per heavy atom. The molecule has 29 heavy (non-hydrogen) atoms. The van der Waals surface area contributed by atoms with Crippen LogP contribution in [-0.4, -0.2) is 0 Å². The van der Waals surface area contributed by atoms with Gasteiger partial charge >= 0.3 is 0 Å². The van der Waals surface area contributed by atoms with Gasteiger partial charge in [0.1, 0.15) is 0 Å². The van der Waals surface area contributed by atoms with E-state index in [0.29, 0.717) is 0 Å². The first-order valence-electron chi connectivity index (χ1n) is 10.4. The number of allylic oxidation sites excluding steroid dienone is 4. The van der Waals surface area contributed by atoms with Crippen LogP contribution in [0.2, 0.25) is 0 Å². The molecule has 0 heteroatoms. The van der Waals surface area contributed by atoms with E-state index in [9.17, 15) is 0 Å². The van der Waals surface area contributed by atoms with Gasteiger partial charge in [0, 0.05) is 0 Å². The Bertz CT molecular complexity index is 927. The lowest BCUT2D eigenvalue weighted by Gasteiger charge is -2.12. The van der Waals surface area contributed by atoms with Gasteiger partial charge in [0.15, 0.2) is 0 Å². The van der Waals surface area contributed by atoms with Gasteiger partial charge in [-0.2, -0.15) is 0 Å². The summed E-state index contributed by atoms with van der Waals surface area (Å²) in [6.07, 6.45) is 5.68. The molecule has 3 aromatic rings. The lowest BCUT2D eigenvalue weighted by molar-refractivity contribution is 1.46. The van der Waals surface area contributed by atoms with Crippen molar-refractivity contribution in [3.05, 3.63) is 115 Å². The van der Waals surface area contributed by atoms with Gasteiger partial charge in [-0.25, -0.2) is 0 Å². The van der Waals surface area contributed by atoms with Gasteiger partial charge < -0.3 is 0 Å². The Morgan fingerprint density at radius 2 is 1.24 bits per heavy atom. The maximum absolute atomic E-state index is 3.96. The Kier molecular flexibility index (Phi) is 10.8. The lowest BCUT2D eigenvalue weighted by Crippen LogP contribution is -1.88. The Morgan fingerprint density at radius 1 is 0.655 bits per heavy atom. The van der Waals surface area contributed by atoms with Gasteiger partial charge in [-0.15, -0.1) is 0 Å². The van der Waals surface area contributed by atoms with Gasteiger partial charge in [-0.05, 0) is 58.5 Å². The molecule has 3 rings (SSSR count). The fourth-order valence-electron chi connectivity index (χ4n) is 2.99. The maximum atomic E-state index is 3.96. The molecule has 0 spiro atoms. The molecule has 0 amide bonds. The molecule has 0 saturated carbocycles. The summed E-state index contributed by atoms with van der Waals surface area (Å²) >= 11 is 0. The average Bonchev–Trinajstić information content (AvgIpc) is 2.80. The smallest absolute Gasteiger partial charge is 0.0172 e. The van der Waals surface area contributed by atoms with Gasteiger partial charge in [0.25, 0.3) is 0 Å². The SMILES string of the molecule is C=C/C=C(\C=C)c1cc(-c2ccccc2)cc(-c2cccc(C)c2)c1.CC.CC. The summed E-state index contributed by atoms with van der Waals surface area (Å²) in [5, 5.41) is 0. The van der Waals surface area contributed by atoms with E-state index in [4.69, 9.17) is 0 Å². The zero-order valence-corrected chi connectivity index (χ0v) is 18.6. The molecule has 0 aliphatic carbocycles. The Hall–Kier alpha value is -3.12. The highest BCUT2D eigenvalue weighted by Gasteiger charge is 2.07. The van der Waals surface area contributed by atoms with E-state index in [1.165, 1.54) is 27.8 Å². The van der Waals surface area contributed by atoms with Crippen molar-refractivity contribution in [2.75, 3.05) is 0 Å². The number of aryl methyl sites for hydroxylation is 1. The van der Waals surface area contributed by atoms with Crippen LogP contribution < -0.4 is 0 Å². The highest BCUT2D eigenvalue weighted by atomic mass is 14.1. The van der Waals surface area contributed by atoms with Gasteiger partial charge in [-0.3, -0.25) is 0 Å². The van der Waals surface area contributed by atoms with Crippen LogP contribution in [0.1, 0.15) is 38.8 Å². The molecular weight excluding hydrogens is 348 g/mol. The van der Waals surface area contributed by atoms with Gasteiger partial charge in [0.05, 0.1) is 0 Å². The quantitative estimate of drug-likeness (QED) is 0.386. The molecule has 0 heterocycles. The van der Waals surface area contributed by atoms with Crippen LogP contribution in [0.4, 0.5) is 0 Å². The summed E-state index contributed by atoms with van der Waals surface area (Å²) in [4.78, 5) is 0. The largest absolute Gasteiger partial charge is 0.0990 e.